The molecule has 0 bridgehead atoms. The molecule has 1 saturated carbocycles. The van der Waals surface area contributed by atoms with Crippen molar-refractivity contribution in [1.29, 1.82) is 0 Å². The molecule has 0 unspecified atom stereocenters. The minimum Gasteiger partial charge on any atom is -0.324 e. The average molecular weight is 456 g/mol. The van der Waals surface area contributed by atoms with Crippen molar-refractivity contribution in [2.24, 2.45) is 0 Å². The summed E-state index contributed by atoms with van der Waals surface area (Å²) in [7, 11) is -3.60. The molecule has 2 N–H and O–H groups in total. The lowest BCUT2D eigenvalue weighted by Crippen LogP contribution is -2.46. The maximum atomic E-state index is 12.9. The molecule has 9 nitrogen and oxygen atoms in total. The van der Waals surface area contributed by atoms with Crippen LogP contribution in [-0.4, -0.2) is 52.5 Å². The predicted octanol–water partition coefficient (Wildman–Crippen LogP) is 1.70. The van der Waals surface area contributed by atoms with Gasteiger partial charge in [0.05, 0.1) is 11.4 Å². The first-order chi connectivity index (χ1) is 15.2. The molecular weight excluding hydrogens is 430 g/mol. The zero-order chi connectivity index (χ0) is 22.5. The van der Waals surface area contributed by atoms with E-state index in [0.29, 0.717) is 18.9 Å². The highest BCUT2D eigenvalue weighted by molar-refractivity contribution is 7.89. The minimum atomic E-state index is -3.60. The molecule has 4 heterocycles. The number of urea groups is 1. The van der Waals surface area contributed by atoms with Gasteiger partial charge in [0.15, 0.2) is 0 Å². The molecule has 1 saturated heterocycles. The lowest BCUT2D eigenvalue weighted by atomic mass is 10.00. The summed E-state index contributed by atoms with van der Waals surface area (Å²) >= 11 is 0. The third-order valence-corrected chi connectivity index (χ3v) is 8.33. The van der Waals surface area contributed by atoms with Crippen molar-refractivity contribution >= 4 is 22.0 Å². The number of carbonyl (C=O) groups is 2. The Labute approximate surface area is 186 Å². The maximum Gasteiger partial charge on any atom is 0.322 e. The monoisotopic (exact) mass is 455 g/mol. The number of nitrogens with one attached hydrogen (secondary N) is 2. The van der Waals surface area contributed by atoms with E-state index in [1.165, 1.54) is 24.1 Å². The summed E-state index contributed by atoms with van der Waals surface area (Å²) in [6.07, 6.45) is 6.63. The third kappa shape index (κ3) is 4.00. The Kier molecular flexibility index (Phi) is 5.01. The molecule has 2 aromatic rings. The van der Waals surface area contributed by atoms with Crippen molar-refractivity contribution in [3.8, 4) is 11.3 Å². The molecule has 1 aliphatic carbocycles. The van der Waals surface area contributed by atoms with Gasteiger partial charge in [0.1, 0.15) is 5.54 Å². The van der Waals surface area contributed by atoms with E-state index < -0.39 is 27.5 Å². The van der Waals surface area contributed by atoms with Crippen molar-refractivity contribution < 1.29 is 18.0 Å². The van der Waals surface area contributed by atoms with Gasteiger partial charge in [-0.15, -0.1) is 0 Å². The second-order valence-corrected chi connectivity index (χ2v) is 11.1. The largest absolute Gasteiger partial charge is 0.324 e. The molecule has 2 aromatic heterocycles. The van der Waals surface area contributed by atoms with Crippen LogP contribution in [0.15, 0.2) is 30.6 Å². The number of carbonyl (C=O) groups excluding carboxylic acids is 2. The number of sulfonamides is 1. The van der Waals surface area contributed by atoms with E-state index in [2.05, 4.69) is 26.7 Å². The standard InChI is InChI=1S/C22H25N5O4S/c1-22(20(28)25-21(29)26-22)7-9-32(30,31)27-8-6-15-10-19(24-12-17(15)13-27)16-4-5-18(23-11-16)14-2-3-14/h4-5,10-12,14H,2-3,6-9,13H2,1H3,(H2,25,26,28,29)/t22-/m1/s1. The summed E-state index contributed by atoms with van der Waals surface area (Å²) in [6, 6.07) is 5.54. The van der Waals surface area contributed by atoms with E-state index in [4.69, 9.17) is 0 Å². The second kappa shape index (κ2) is 7.63. The highest BCUT2D eigenvalue weighted by atomic mass is 32.2. The Morgan fingerprint density at radius 2 is 1.97 bits per heavy atom. The van der Waals surface area contributed by atoms with Gasteiger partial charge in [-0.05, 0) is 61.9 Å². The van der Waals surface area contributed by atoms with Gasteiger partial charge in [-0.25, -0.2) is 13.2 Å². The summed E-state index contributed by atoms with van der Waals surface area (Å²) in [5.41, 5.74) is 3.68. The van der Waals surface area contributed by atoms with E-state index in [-0.39, 0.29) is 18.7 Å². The van der Waals surface area contributed by atoms with E-state index >= 15 is 0 Å². The second-order valence-electron chi connectivity index (χ2n) is 8.97. The van der Waals surface area contributed by atoms with Crippen LogP contribution >= 0.6 is 0 Å². The SMILES string of the molecule is C[C@]1(CCS(=O)(=O)N2CCc3cc(-c4ccc(C5CC5)nc4)ncc3C2)NC(=O)NC1=O. The van der Waals surface area contributed by atoms with Crippen LogP contribution in [0.5, 0.6) is 0 Å². The first-order valence-corrected chi connectivity index (χ1v) is 12.4. The zero-order valence-corrected chi connectivity index (χ0v) is 18.6. The molecule has 2 fully saturated rings. The van der Waals surface area contributed by atoms with Crippen LogP contribution < -0.4 is 10.6 Å². The number of rotatable bonds is 6. The molecule has 0 radical (unpaired) electrons. The first kappa shape index (κ1) is 21.0. The topological polar surface area (TPSA) is 121 Å². The minimum absolute atomic E-state index is 0.0112. The Morgan fingerprint density at radius 1 is 1.16 bits per heavy atom. The molecule has 1 atom stereocenters. The van der Waals surface area contributed by atoms with E-state index in [9.17, 15) is 18.0 Å². The number of hydrogen-bond donors (Lipinski definition) is 2. The lowest BCUT2D eigenvalue weighted by Gasteiger charge is -2.29. The van der Waals surface area contributed by atoms with Crippen molar-refractivity contribution in [3.05, 3.63) is 47.4 Å². The van der Waals surface area contributed by atoms with Crippen LogP contribution in [0.3, 0.4) is 0 Å². The van der Waals surface area contributed by atoms with Gasteiger partial charge >= 0.3 is 6.03 Å². The van der Waals surface area contributed by atoms with Crippen LogP contribution in [0, 0.1) is 0 Å². The fraction of sp³-hybridized carbons (Fsp3) is 0.455. The molecule has 5 rings (SSSR count). The number of aromatic nitrogens is 2. The van der Waals surface area contributed by atoms with Gasteiger partial charge in [-0.3, -0.25) is 20.1 Å². The van der Waals surface area contributed by atoms with Gasteiger partial charge in [0, 0.05) is 42.7 Å². The summed E-state index contributed by atoms with van der Waals surface area (Å²) in [5.74, 6) is -0.120. The Bertz CT molecular complexity index is 1190. The van der Waals surface area contributed by atoms with Crippen LogP contribution in [0.25, 0.3) is 11.3 Å². The summed E-state index contributed by atoms with van der Waals surface area (Å²) in [4.78, 5) is 32.5. The number of nitrogens with zero attached hydrogens (tertiary/aromatic N) is 3. The fourth-order valence-corrected chi connectivity index (χ4v) is 5.83. The predicted molar refractivity (Wildman–Crippen MR) is 117 cm³/mol. The first-order valence-electron chi connectivity index (χ1n) is 10.8. The van der Waals surface area contributed by atoms with E-state index in [1.54, 1.807) is 6.20 Å². The summed E-state index contributed by atoms with van der Waals surface area (Å²) in [6.45, 7) is 2.15. The van der Waals surface area contributed by atoms with E-state index in [1.807, 2.05) is 18.3 Å². The van der Waals surface area contributed by atoms with Crippen molar-refractivity contribution in [1.82, 2.24) is 24.9 Å². The fourth-order valence-electron chi connectivity index (χ4n) is 4.21. The molecule has 10 heteroatoms. The van der Waals surface area contributed by atoms with Crippen LogP contribution in [-0.2, 0) is 27.8 Å². The van der Waals surface area contributed by atoms with Gasteiger partial charge in [0.25, 0.3) is 5.91 Å². The molecule has 2 aliphatic heterocycles. The van der Waals surface area contributed by atoms with Gasteiger partial charge in [0.2, 0.25) is 10.0 Å². The van der Waals surface area contributed by atoms with Crippen LogP contribution in [0.1, 0.15) is 48.9 Å². The summed E-state index contributed by atoms with van der Waals surface area (Å²) in [5, 5.41) is 4.66. The number of imide groups is 1. The molecule has 32 heavy (non-hydrogen) atoms. The van der Waals surface area contributed by atoms with Gasteiger partial charge < -0.3 is 5.32 Å². The smallest absolute Gasteiger partial charge is 0.322 e. The molecule has 3 amide bonds. The van der Waals surface area contributed by atoms with Gasteiger partial charge in [-0.1, -0.05) is 0 Å². The molecular formula is C22H25N5O4S. The average Bonchev–Trinajstić information content (AvgIpc) is 3.59. The molecule has 168 valence electrons. The maximum absolute atomic E-state index is 12.9. The number of fused-ring (bicyclic) bond motifs is 1. The highest BCUT2D eigenvalue weighted by Gasteiger charge is 2.43. The Hall–Kier alpha value is -2.85. The number of pyridine rings is 2. The van der Waals surface area contributed by atoms with Crippen LogP contribution in [0.2, 0.25) is 0 Å². The molecule has 3 aliphatic rings. The summed E-state index contributed by atoms with van der Waals surface area (Å²) < 4.78 is 27.3. The van der Waals surface area contributed by atoms with Crippen molar-refractivity contribution in [3.63, 3.8) is 0 Å². The quantitative estimate of drug-likeness (QED) is 0.640. The van der Waals surface area contributed by atoms with E-state index in [0.717, 1.165) is 28.1 Å². The Balaban J connectivity index is 1.27. The van der Waals surface area contributed by atoms with Crippen molar-refractivity contribution in [2.75, 3.05) is 12.3 Å². The third-order valence-electron chi connectivity index (χ3n) is 6.51. The number of amides is 3. The molecule has 0 spiro atoms. The lowest BCUT2D eigenvalue weighted by molar-refractivity contribution is -0.123. The number of hydrogen-bond acceptors (Lipinski definition) is 6. The Morgan fingerprint density at radius 3 is 2.62 bits per heavy atom. The molecule has 0 aromatic carbocycles. The van der Waals surface area contributed by atoms with Crippen molar-refractivity contribution in [2.45, 2.75) is 50.6 Å². The normalized spacial score (nSPS) is 23.5. The highest BCUT2D eigenvalue weighted by Crippen LogP contribution is 2.39. The van der Waals surface area contributed by atoms with Gasteiger partial charge in [-0.2, -0.15) is 4.31 Å². The zero-order valence-electron chi connectivity index (χ0n) is 17.8. The van der Waals surface area contributed by atoms with Crippen LogP contribution in [0.4, 0.5) is 4.79 Å².